The zero-order chi connectivity index (χ0) is 22.3. The van der Waals surface area contributed by atoms with Gasteiger partial charge < -0.3 is 5.32 Å². The van der Waals surface area contributed by atoms with Crippen molar-refractivity contribution in [2.45, 2.75) is 26.4 Å². The zero-order valence-corrected chi connectivity index (χ0v) is 17.4. The maximum Gasteiger partial charge on any atom is 0.417 e. The number of nitrogens with one attached hydrogen (secondary N) is 1. The average molecular weight is 444 g/mol. The Balaban J connectivity index is 1.81. The summed E-state index contributed by atoms with van der Waals surface area (Å²) < 4.78 is 39.6. The van der Waals surface area contributed by atoms with Gasteiger partial charge in [0, 0.05) is 11.9 Å². The second-order valence-corrected chi connectivity index (χ2v) is 7.76. The Bertz CT molecular complexity index is 1240. The van der Waals surface area contributed by atoms with Crippen LogP contribution in [0.25, 0.3) is 11.1 Å². The Kier molecular flexibility index (Phi) is 5.31. The molecule has 0 atom stereocenters. The van der Waals surface area contributed by atoms with E-state index in [2.05, 4.69) is 15.3 Å². The molecule has 0 spiro atoms. The largest absolute Gasteiger partial charge is 0.417 e. The Morgan fingerprint density at radius 3 is 2.55 bits per heavy atom. The van der Waals surface area contributed by atoms with Crippen molar-refractivity contribution in [2.24, 2.45) is 4.99 Å². The molecule has 2 aromatic carbocycles. The van der Waals surface area contributed by atoms with Crippen LogP contribution in [-0.4, -0.2) is 16.6 Å². The summed E-state index contributed by atoms with van der Waals surface area (Å²) in [7, 11) is 0. The van der Waals surface area contributed by atoms with Crippen LogP contribution in [0.15, 0.2) is 53.7 Å². The van der Waals surface area contributed by atoms with Gasteiger partial charge in [-0.1, -0.05) is 29.8 Å². The first-order chi connectivity index (χ1) is 14.6. The van der Waals surface area contributed by atoms with E-state index >= 15 is 0 Å². The van der Waals surface area contributed by atoms with Gasteiger partial charge in [0.2, 0.25) is 5.91 Å². The van der Waals surface area contributed by atoms with E-state index in [1.165, 1.54) is 0 Å². The molecule has 0 bridgehead atoms. The summed E-state index contributed by atoms with van der Waals surface area (Å²) in [4.78, 5) is 21.2. The maximum atomic E-state index is 13.2. The Morgan fingerprint density at radius 1 is 1.06 bits per heavy atom. The number of pyridine rings is 1. The summed E-state index contributed by atoms with van der Waals surface area (Å²) >= 11 is 5.86. The standard InChI is InChI=1S/C23H17ClF3N3O/c1-12-11-28-13(2)6-16(12)14-4-3-5-15(7-14)19-10-22(31)30-20-8-17(23(25,26)27)18(24)9-21(20)29-19/h3-9,11H,10H2,1-2H3,(H,30,31). The van der Waals surface area contributed by atoms with Crippen LogP contribution in [0.1, 0.15) is 28.8 Å². The van der Waals surface area contributed by atoms with Crippen LogP contribution in [0, 0.1) is 13.8 Å². The average Bonchev–Trinajstić information content (AvgIpc) is 2.86. The molecule has 0 saturated heterocycles. The molecule has 3 aromatic rings. The van der Waals surface area contributed by atoms with Gasteiger partial charge >= 0.3 is 6.18 Å². The van der Waals surface area contributed by atoms with Crippen LogP contribution in [0.4, 0.5) is 24.5 Å². The van der Waals surface area contributed by atoms with Crippen LogP contribution < -0.4 is 5.32 Å². The van der Waals surface area contributed by atoms with Gasteiger partial charge in [-0.2, -0.15) is 13.2 Å². The van der Waals surface area contributed by atoms with Crippen LogP contribution in [0.2, 0.25) is 5.02 Å². The van der Waals surface area contributed by atoms with Crippen molar-refractivity contribution in [1.82, 2.24) is 4.98 Å². The number of alkyl halides is 3. The van der Waals surface area contributed by atoms with Gasteiger partial charge in [0.05, 0.1) is 34.1 Å². The van der Waals surface area contributed by atoms with E-state index in [1.54, 1.807) is 6.20 Å². The minimum absolute atomic E-state index is 0.0199. The number of fused-ring (bicyclic) bond motifs is 1. The molecule has 31 heavy (non-hydrogen) atoms. The molecule has 4 rings (SSSR count). The number of halogens is 4. The van der Waals surface area contributed by atoms with Gasteiger partial charge in [-0.3, -0.25) is 14.8 Å². The van der Waals surface area contributed by atoms with E-state index in [0.29, 0.717) is 11.3 Å². The third-order valence-electron chi connectivity index (χ3n) is 4.99. The molecular weight excluding hydrogens is 427 g/mol. The molecule has 158 valence electrons. The fraction of sp³-hybridized carbons (Fsp3) is 0.174. The molecule has 1 aliphatic heterocycles. The van der Waals surface area contributed by atoms with Crippen molar-refractivity contribution < 1.29 is 18.0 Å². The van der Waals surface area contributed by atoms with Crippen molar-refractivity contribution in [3.8, 4) is 11.1 Å². The van der Waals surface area contributed by atoms with Gasteiger partial charge in [-0.15, -0.1) is 0 Å². The van der Waals surface area contributed by atoms with Gasteiger partial charge in [-0.05, 0) is 60.4 Å². The number of amides is 1. The first kappa shape index (κ1) is 21.1. The van der Waals surface area contributed by atoms with Crippen LogP contribution >= 0.6 is 11.6 Å². The van der Waals surface area contributed by atoms with Crippen molar-refractivity contribution in [3.63, 3.8) is 0 Å². The maximum absolute atomic E-state index is 13.2. The first-order valence-corrected chi connectivity index (χ1v) is 9.82. The van der Waals surface area contributed by atoms with Crippen LogP contribution in [0.3, 0.4) is 0 Å². The summed E-state index contributed by atoms with van der Waals surface area (Å²) in [6.45, 7) is 3.87. The number of aliphatic imine (C=N–C) groups is 1. The molecule has 0 fully saturated rings. The molecule has 4 nitrogen and oxygen atoms in total. The minimum Gasteiger partial charge on any atom is -0.324 e. The molecule has 0 saturated carbocycles. The number of rotatable bonds is 2. The lowest BCUT2D eigenvalue weighted by Gasteiger charge is -2.12. The van der Waals surface area contributed by atoms with Gasteiger partial charge in [0.1, 0.15) is 0 Å². The zero-order valence-electron chi connectivity index (χ0n) is 16.6. The fourth-order valence-corrected chi connectivity index (χ4v) is 3.74. The Labute approximate surface area is 181 Å². The topological polar surface area (TPSA) is 54.4 Å². The Hall–Kier alpha value is -3.19. The summed E-state index contributed by atoms with van der Waals surface area (Å²) in [5.74, 6) is -0.450. The summed E-state index contributed by atoms with van der Waals surface area (Å²) in [5, 5.41) is 2.03. The number of benzene rings is 2. The third kappa shape index (κ3) is 4.32. The van der Waals surface area contributed by atoms with Crippen LogP contribution in [0.5, 0.6) is 0 Å². The van der Waals surface area contributed by atoms with E-state index in [9.17, 15) is 18.0 Å². The SMILES string of the molecule is Cc1cc(-c2cccc(C3=Nc4cc(Cl)c(C(F)(F)F)cc4NC(=O)C3)c2)c(C)cn1. The number of hydrogen-bond donors (Lipinski definition) is 1. The lowest BCUT2D eigenvalue weighted by Crippen LogP contribution is -2.15. The van der Waals surface area contributed by atoms with Crippen molar-refractivity contribution in [3.05, 3.63) is 76.1 Å². The Morgan fingerprint density at radius 2 is 1.81 bits per heavy atom. The van der Waals surface area contributed by atoms with Crippen molar-refractivity contribution in [2.75, 3.05) is 5.32 Å². The molecule has 0 radical (unpaired) electrons. The molecule has 1 aromatic heterocycles. The molecule has 1 amide bonds. The molecule has 1 N–H and O–H groups in total. The number of hydrogen-bond acceptors (Lipinski definition) is 3. The predicted octanol–water partition coefficient (Wildman–Crippen LogP) is 6.50. The fourth-order valence-electron chi connectivity index (χ4n) is 3.48. The number of nitrogens with zero attached hydrogens (tertiary/aromatic N) is 2. The highest BCUT2D eigenvalue weighted by atomic mass is 35.5. The molecule has 2 heterocycles. The van der Waals surface area contributed by atoms with E-state index in [1.807, 2.05) is 44.2 Å². The van der Waals surface area contributed by atoms with E-state index in [4.69, 9.17) is 11.6 Å². The van der Waals surface area contributed by atoms with E-state index in [-0.39, 0.29) is 17.8 Å². The third-order valence-corrected chi connectivity index (χ3v) is 5.31. The number of carbonyl (C=O) groups is 1. The van der Waals surface area contributed by atoms with Gasteiger partial charge in [0.15, 0.2) is 0 Å². The van der Waals surface area contributed by atoms with Crippen molar-refractivity contribution >= 4 is 34.6 Å². The first-order valence-electron chi connectivity index (χ1n) is 9.44. The quantitative estimate of drug-likeness (QED) is 0.491. The smallest absolute Gasteiger partial charge is 0.324 e. The minimum atomic E-state index is -4.63. The number of carbonyl (C=O) groups excluding carboxylic acids is 1. The number of anilines is 1. The van der Waals surface area contributed by atoms with E-state index < -0.39 is 22.7 Å². The lowest BCUT2D eigenvalue weighted by atomic mass is 9.97. The van der Waals surface area contributed by atoms with Crippen molar-refractivity contribution in [1.29, 1.82) is 0 Å². The highest BCUT2D eigenvalue weighted by molar-refractivity contribution is 6.32. The highest BCUT2D eigenvalue weighted by Gasteiger charge is 2.34. The molecule has 0 unspecified atom stereocenters. The van der Waals surface area contributed by atoms with E-state index in [0.717, 1.165) is 34.5 Å². The summed E-state index contributed by atoms with van der Waals surface area (Å²) in [6.07, 6.45) is -2.92. The van der Waals surface area contributed by atoms with Gasteiger partial charge in [-0.25, -0.2) is 0 Å². The molecular formula is C23H17ClF3N3O. The van der Waals surface area contributed by atoms with Crippen LogP contribution in [-0.2, 0) is 11.0 Å². The molecule has 8 heteroatoms. The monoisotopic (exact) mass is 443 g/mol. The number of aryl methyl sites for hydroxylation is 2. The van der Waals surface area contributed by atoms with Gasteiger partial charge in [0.25, 0.3) is 0 Å². The predicted molar refractivity (Wildman–Crippen MR) is 115 cm³/mol. The second kappa shape index (κ2) is 7.81. The summed E-state index contributed by atoms with van der Waals surface area (Å²) in [5.41, 5.74) is 4.10. The highest BCUT2D eigenvalue weighted by Crippen LogP contribution is 2.41. The lowest BCUT2D eigenvalue weighted by molar-refractivity contribution is -0.137. The molecule has 1 aliphatic rings. The normalized spacial score (nSPS) is 13.9. The molecule has 0 aliphatic carbocycles. The summed E-state index contributed by atoms with van der Waals surface area (Å²) in [6, 6.07) is 11.5. The number of aromatic nitrogens is 1. The second-order valence-electron chi connectivity index (χ2n) is 7.35.